The SMILES string of the molecule is CC(=NNC(=O)Cn1nnc(-c2ccccc2)n1)c1ccc(C)cc1. The average molecular weight is 334 g/mol. The Morgan fingerprint density at radius 2 is 1.84 bits per heavy atom. The Bertz CT molecular complexity index is 883. The summed E-state index contributed by atoms with van der Waals surface area (Å²) in [6, 6.07) is 17.4. The molecule has 1 N–H and O–H groups in total. The first-order chi connectivity index (χ1) is 12.1. The van der Waals surface area contributed by atoms with Gasteiger partial charge in [0.05, 0.1) is 5.71 Å². The zero-order chi connectivity index (χ0) is 17.6. The van der Waals surface area contributed by atoms with E-state index in [0.29, 0.717) is 5.82 Å². The molecule has 3 rings (SSSR count). The zero-order valence-corrected chi connectivity index (χ0v) is 14.0. The minimum Gasteiger partial charge on any atom is -0.271 e. The normalized spacial score (nSPS) is 11.4. The van der Waals surface area contributed by atoms with Crippen LogP contribution in [0.25, 0.3) is 11.4 Å². The highest BCUT2D eigenvalue weighted by Gasteiger charge is 2.08. The summed E-state index contributed by atoms with van der Waals surface area (Å²) in [5.41, 5.74) is 6.22. The number of benzene rings is 2. The Labute approximate surface area is 145 Å². The van der Waals surface area contributed by atoms with Crippen LogP contribution in [0, 0.1) is 6.92 Å². The molecule has 0 aliphatic carbocycles. The van der Waals surface area contributed by atoms with Crippen LogP contribution >= 0.6 is 0 Å². The molecule has 0 radical (unpaired) electrons. The number of rotatable bonds is 5. The molecule has 1 aromatic heterocycles. The van der Waals surface area contributed by atoms with Crippen LogP contribution in [0.5, 0.6) is 0 Å². The van der Waals surface area contributed by atoms with Crippen molar-refractivity contribution in [2.75, 3.05) is 0 Å². The van der Waals surface area contributed by atoms with Crippen LogP contribution in [0.4, 0.5) is 0 Å². The van der Waals surface area contributed by atoms with Crippen molar-refractivity contribution >= 4 is 11.6 Å². The van der Waals surface area contributed by atoms with Gasteiger partial charge in [-0.05, 0) is 24.6 Å². The lowest BCUT2D eigenvalue weighted by Crippen LogP contribution is -2.25. The van der Waals surface area contributed by atoms with E-state index in [0.717, 1.165) is 16.8 Å². The topological polar surface area (TPSA) is 85.1 Å². The van der Waals surface area contributed by atoms with Crippen LogP contribution in [0.3, 0.4) is 0 Å². The van der Waals surface area contributed by atoms with Crippen molar-refractivity contribution in [3.63, 3.8) is 0 Å². The molecule has 7 heteroatoms. The summed E-state index contributed by atoms with van der Waals surface area (Å²) in [5.74, 6) is 0.163. The van der Waals surface area contributed by atoms with Gasteiger partial charge >= 0.3 is 0 Å². The monoisotopic (exact) mass is 334 g/mol. The molecule has 1 amide bonds. The number of hydrogen-bond acceptors (Lipinski definition) is 5. The Balaban J connectivity index is 1.60. The summed E-state index contributed by atoms with van der Waals surface area (Å²) in [6.45, 7) is 3.81. The van der Waals surface area contributed by atoms with Gasteiger partial charge in [0.25, 0.3) is 5.91 Å². The van der Waals surface area contributed by atoms with Gasteiger partial charge in [-0.15, -0.1) is 10.2 Å². The fourth-order valence-corrected chi connectivity index (χ4v) is 2.18. The van der Waals surface area contributed by atoms with E-state index in [1.54, 1.807) is 0 Å². The first-order valence-electron chi connectivity index (χ1n) is 7.85. The van der Waals surface area contributed by atoms with E-state index >= 15 is 0 Å². The molecule has 0 atom stereocenters. The number of nitrogens with zero attached hydrogens (tertiary/aromatic N) is 5. The maximum atomic E-state index is 12.0. The maximum absolute atomic E-state index is 12.0. The van der Waals surface area contributed by atoms with Crippen LogP contribution in [0.1, 0.15) is 18.1 Å². The van der Waals surface area contributed by atoms with Gasteiger partial charge in [-0.25, -0.2) is 5.43 Å². The second-order valence-corrected chi connectivity index (χ2v) is 5.61. The number of hydrogen-bond donors (Lipinski definition) is 1. The molecule has 1 heterocycles. The summed E-state index contributed by atoms with van der Waals surface area (Å²) in [5, 5.41) is 16.2. The molecule has 0 aliphatic heterocycles. The van der Waals surface area contributed by atoms with E-state index in [2.05, 4.69) is 25.9 Å². The van der Waals surface area contributed by atoms with Gasteiger partial charge < -0.3 is 0 Å². The van der Waals surface area contributed by atoms with Crippen LogP contribution in [0.15, 0.2) is 59.7 Å². The smallest absolute Gasteiger partial charge is 0.263 e. The molecular weight excluding hydrogens is 316 g/mol. The first-order valence-corrected chi connectivity index (χ1v) is 7.85. The lowest BCUT2D eigenvalue weighted by Gasteiger charge is -2.03. The summed E-state index contributed by atoms with van der Waals surface area (Å²) in [7, 11) is 0. The number of carbonyl (C=O) groups is 1. The van der Waals surface area contributed by atoms with Gasteiger partial charge in [0, 0.05) is 5.56 Å². The number of hydrazone groups is 1. The minimum atomic E-state index is -0.316. The van der Waals surface area contributed by atoms with Crippen LogP contribution in [-0.2, 0) is 11.3 Å². The van der Waals surface area contributed by atoms with Crippen molar-refractivity contribution in [3.8, 4) is 11.4 Å². The van der Waals surface area contributed by atoms with E-state index in [4.69, 9.17) is 0 Å². The Kier molecular flexibility index (Phi) is 4.94. The summed E-state index contributed by atoms with van der Waals surface area (Å²) >= 11 is 0. The van der Waals surface area contributed by atoms with Crippen molar-refractivity contribution < 1.29 is 4.79 Å². The van der Waals surface area contributed by atoms with Crippen molar-refractivity contribution in [1.82, 2.24) is 25.6 Å². The molecule has 0 fully saturated rings. The molecule has 3 aromatic rings. The second-order valence-electron chi connectivity index (χ2n) is 5.61. The van der Waals surface area contributed by atoms with Crippen molar-refractivity contribution in [2.24, 2.45) is 5.10 Å². The standard InChI is InChI=1S/C18H18N6O/c1-13-8-10-15(11-9-13)14(2)19-20-17(25)12-24-22-18(21-23-24)16-6-4-3-5-7-16/h3-11H,12H2,1-2H3,(H,20,25). The molecule has 7 nitrogen and oxygen atoms in total. The first kappa shape index (κ1) is 16.5. The second kappa shape index (κ2) is 7.48. The van der Waals surface area contributed by atoms with Crippen molar-refractivity contribution in [3.05, 3.63) is 65.7 Å². The van der Waals surface area contributed by atoms with E-state index in [9.17, 15) is 4.79 Å². The summed E-state index contributed by atoms with van der Waals surface area (Å²) in [4.78, 5) is 13.2. The molecule has 2 aromatic carbocycles. The Morgan fingerprint density at radius 3 is 2.56 bits per heavy atom. The molecule has 0 bridgehead atoms. The molecule has 0 unspecified atom stereocenters. The highest BCUT2D eigenvalue weighted by molar-refractivity contribution is 5.99. The van der Waals surface area contributed by atoms with Gasteiger partial charge in [-0.3, -0.25) is 4.79 Å². The summed E-state index contributed by atoms with van der Waals surface area (Å²) in [6.07, 6.45) is 0. The minimum absolute atomic E-state index is 0.0511. The number of aryl methyl sites for hydroxylation is 1. The quantitative estimate of drug-likeness (QED) is 0.572. The largest absolute Gasteiger partial charge is 0.271 e. The molecule has 0 saturated heterocycles. The lowest BCUT2D eigenvalue weighted by molar-refractivity contribution is -0.122. The van der Waals surface area contributed by atoms with E-state index < -0.39 is 0 Å². The van der Waals surface area contributed by atoms with Crippen LogP contribution < -0.4 is 5.43 Å². The number of tetrazole rings is 1. The van der Waals surface area contributed by atoms with E-state index in [-0.39, 0.29) is 12.5 Å². The highest BCUT2D eigenvalue weighted by Crippen LogP contribution is 2.11. The van der Waals surface area contributed by atoms with Gasteiger partial charge in [-0.2, -0.15) is 9.90 Å². The summed E-state index contributed by atoms with van der Waals surface area (Å²) < 4.78 is 0. The average Bonchev–Trinajstić information content (AvgIpc) is 3.09. The molecule has 0 spiro atoms. The third-order valence-corrected chi connectivity index (χ3v) is 3.59. The van der Waals surface area contributed by atoms with Gasteiger partial charge in [-0.1, -0.05) is 60.2 Å². The number of nitrogens with one attached hydrogen (secondary N) is 1. The number of aromatic nitrogens is 4. The fraction of sp³-hybridized carbons (Fsp3) is 0.167. The molecule has 25 heavy (non-hydrogen) atoms. The molecule has 0 aliphatic rings. The van der Waals surface area contributed by atoms with Crippen LogP contribution in [0.2, 0.25) is 0 Å². The maximum Gasteiger partial charge on any atom is 0.263 e. The third-order valence-electron chi connectivity index (χ3n) is 3.59. The zero-order valence-electron chi connectivity index (χ0n) is 14.0. The third kappa shape index (κ3) is 4.35. The molecular formula is C18H18N6O. The molecule has 0 saturated carbocycles. The number of carbonyl (C=O) groups excluding carboxylic acids is 1. The highest BCUT2D eigenvalue weighted by atomic mass is 16.2. The van der Waals surface area contributed by atoms with Gasteiger partial charge in [0.2, 0.25) is 5.82 Å². The lowest BCUT2D eigenvalue weighted by atomic mass is 10.1. The molecule has 126 valence electrons. The van der Waals surface area contributed by atoms with Crippen molar-refractivity contribution in [1.29, 1.82) is 0 Å². The predicted molar refractivity (Wildman–Crippen MR) is 94.8 cm³/mol. The van der Waals surface area contributed by atoms with E-state index in [1.807, 2.05) is 68.4 Å². The Morgan fingerprint density at radius 1 is 1.12 bits per heavy atom. The Hall–Kier alpha value is -3.35. The number of amides is 1. The van der Waals surface area contributed by atoms with Gasteiger partial charge in [0.1, 0.15) is 6.54 Å². The fourth-order valence-electron chi connectivity index (χ4n) is 2.18. The predicted octanol–water partition coefficient (Wildman–Crippen LogP) is 2.19. The van der Waals surface area contributed by atoms with Gasteiger partial charge in [0.15, 0.2) is 0 Å². The van der Waals surface area contributed by atoms with Crippen LogP contribution in [-0.4, -0.2) is 31.8 Å². The van der Waals surface area contributed by atoms with E-state index in [1.165, 1.54) is 10.4 Å². The van der Waals surface area contributed by atoms with Crippen molar-refractivity contribution in [2.45, 2.75) is 20.4 Å².